The van der Waals surface area contributed by atoms with E-state index in [1.807, 2.05) is 12.1 Å². The number of rotatable bonds is 0. The first-order valence-corrected chi connectivity index (χ1v) is 5.38. The molecule has 16 heavy (non-hydrogen) atoms. The summed E-state index contributed by atoms with van der Waals surface area (Å²) in [6.45, 7) is 6.50. The minimum Gasteiger partial charge on any atom is -0.483 e. The summed E-state index contributed by atoms with van der Waals surface area (Å²) in [5, 5.41) is 0. The number of hydrogen-bond donors (Lipinski definition) is 0. The topological polar surface area (TPSA) is 27.7 Å². The van der Waals surface area contributed by atoms with Gasteiger partial charge in [-0.2, -0.15) is 0 Å². The second-order valence-corrected chi connectivity index (χ2v) is 4.68. The lowest BCUT2D eigenvalue weighted by atomic mass is 9.93. The van der Waals surface area contributed by atoms with Crippen molar-refractivity contribution >= 4 is 6.08 Å². The molecule has 0 bridgehead atoms. The maximum atomic E-state index is 5.95. The highest BCUT2D eigenvalue weighted by Gasteiger charge is 2.29. The van der Waals surface area contributed by atoms with E-state index >= 15 is 0 Å². The van der Waals surface area contributed by atoms with Crippen LogP contribution < -0.4 is 14.2 Å². The zero-order chi connectivity index (χ0) is 11.3. The first-order chi connectivity index (χ1) is 7.56. The van der Waals surface area contributed by atoms with Crippen LogP contribution in [0, 0.1) is 0 Å². The Balaban J connectivity index is 2.14. The van der Waals surface area contributed by atoms with Crippen molar-refractivity contribution in [3.8, 4) is 17.2 Å². The summed E-state index contributed by atoms with van der Waals surface area (Å²) in [7, 11) is 0. The highest BCUT2D eigenvalue weighted by molar-refractivity contribution is 5.68. The van der Waals surface area contributed by atoms with Gasteiger partial charge < -0.3 is 14.2 Å². The number of fused-ring (bicyclic) bond motifs is 2. The fourth-order valence-corrected chi connectivity index (χ4v) is 1.90. The van der Waals surface area contributed by atoms with Gasteiger partial charge in [0.15, 0.2) is 11.5 Å². The molecule has 3 nitrogen and oxygen atoms in total. The monoisotopic (exact) mass is 218 g/mol. The quantitative estimate of drug-likeness (QED) is 0.670. The van der Waals surface area contributed by atoms with Crippen LogP contribution in [0.5, 0.6) is 17.2 Å². The van der Waals surface area contributed by atoms with E-state index in [9.17, 15) is 0 Å². The summed E-state index contributed by atoms with van der Waals surface area (Å²) in [6.07, 6.45) is 2.14. The van der Waals surface area contributed by atoms with E-state index in [2.05, 4.69) is 26.8 Å². The van der Waals surface area contributed by atoms with Crippen LogP contribution in [-0.4, -0.2) is 12.4 Å². The van der Waals surface area contributed by atoms with E-state index in [0.29, 0.717) is 6.79 Å². The van der Waals surface area contributed by atoms with Gasteiger partial charge in [0.05, 0.1) is 0 Å². The van der Waals surface area contributed by atoms with Crippen molar-refractivity contribution in [2.75, 3.05) is 6.79 Å². The molecule has 1 aromatic rings. The van der Waals surface area contributed by atoms with Crippen LogP contribution in [0.2, 0.25) is 0 Å². The number of ether oxygens (including phenoxy) is 3. The number of benzene rings is 1. The summed E-state index contributed by atoms with van der Waals surface area (Å²) >= 11 is 0. The number of hydrogen-bond acceptors (Lipinski definition) is 3. The van der Waals surface area contributed by atoms with E-state index in [4.69, 9.17) is 14.2 Å². The highest BCUT2D eigenvalue weighted by Crippen LogP contribution is 2.43. The Kier molecular flexibility index (Phi) is 1.76. The molecule has 0 fully saturated rings. The molecule has 0 radical (unpaired) electrons. The summed E-state index contributed by atoms with van der Waals surface area (Å²) in [5.41, 5.74) is 2.01. The third kappa shape index (κ3) is 1.28. The third-order valence-electron chi connectivity index (χ3n) is 3.19. The van der Waals surface area contributed by atoms with Gasteiger partial charge in [0.2, 0.25) is 6.79 Å². The SMILES string of the molecule is CC1=Cc2cc3c(cc2OC1(C)C)OCO3. The molecule has 2 heterocycles. The third-order valence-corrected chi connectivity index (χ3v) is 3.19. The molecule has 0 N–H and O–H groups in total. The Morgan fingerprint density at radius 2 is 1.75 bits per heavy atom. The van der Waals surface area contributed by atoms with Gasteiger partial charge in [0.25, 0.3) is 0 Å². The average molecular weight is 218 g/mol. The maximum Gasteiger partial charge on any atom is 0.231 e. The summed E-state index contributed by atoms with van der Waals surface area (Å²) in [5.74, 6) is 2.42. The fourth-order valence-electron chi connectivity index (χ4n) is 1.90. The average Bonchev–Trinajstić information content (AvgIpc) is 2.63. The van der Waals surface area contributed by atoms with Crippen molar-refractivity contribution in [2.45, 2.75) is 26.4 Å². The largest absolute Gasteiger partial charge is 0.483 e. The van der Waals surface area contributed by atoms with E-state index in [-0.39, 0.29) is 5.60 Å². The lowest BCUT2D eigenvalue weighted by molar-refractivity contribution is 0.145. The molecular weight excluding hydrogens is 204 g/mol. The Hall–Kier alpha value is -1.64. The van der Waals surface area contributed by atoms with Crippen LogP contribution in [-0.2, 0) is 0 Å². The van der Waals surface area contributed by atoms with E-state index in [1.54, 1.807) is 0 Å². The predicted octanol–water partition coefficient (Wildman–Crippen LogP) is 2.99. The predicted molar refractivity (Wildman–Crippen MR) is 60.9 cm³/mol. The molecule has 0 aromatic heterocycles. The molecule has 2 aliphatic heterocycles. The minimum atomic E-state index is -0.249. The summed E-state index contributed by atoms with van der Waals surface area (Å²) < 4.78 is 16.6. The van der Waals surface area contributed by atoms with Gasteiger partial charge in [-0.1, -0.05) is 0 Å². The van der Waals surface area contributed by atoms with Gasteiger partial charge in [0, 0.05) is 11.6 Å². The van der Waals surface area contributed by atoms with Crippen LogP contribution >= 0.6 is 0 Å². The first-order valence-electron chi connectivity index (χ1n) is 5.38. The Labute approximate surface area is 94.6 Å². The van der Waals surface area contributed by atoms with E-state index < -0.39 is 0 Å². The molecule has 0 amide bonds. The molecule has 3 heteroatoms. The van der Waals surface area contributed by atoms with Crippen molar-refractivity contribution in [2.24, 2.45) is 0 Å². The van der Waals surface area contributed by atoms with Crippen LogP contribution in [0.15, 0.2) is 17.7 Å². The molecule has 0 saturated carbocycles. The van der Waals surface area contributed by atoms with Gasteiger partial charge in [-0.05, 0) is 38.5 Å². The fraction of sp³-hybridized carbons (Fsp3) is 0.385. The molecule has 2 aliphatic rings. The van der Waals surface area contributed by atoms with Crippen molar-refractivity contribution < 1.29 is 14.2 Å². The Bertz CT molecular complexity index is 486. The summed E-state index contributed by atoms with van der Waals surface area (Å²) in [6, 6.07) is 3.87. The molecule has 0 saturated heterocycles. The van der Waals surface area contributed by atoms with Crippen molar-refractivity contribution in [3.63, 3.8) is 0 Å². The van der Waals surface area contributed by atoms with Crippen molar-refractivity contribution in [1.82, 2.24) is 0 Å². The second-order valence-electron chi connectivity index (χ2n) is 4.68. The van der Waals surface area contributed by atoms with Crippen LogP contribution in [0.4, 0.5) is 0 Å². The maximum absolute atomic E-state index is 5.95. The zero-order valence-corrected chi connectivity index (χ0v) is 9.66. The molecule has 1 aromatic carbocycles. The van der Waals surface area contributed by atoms with Gasteiger partial charge in [-0.15, -0.1) is 0 Å². The van der Waals surface area contributed by atoms with Crippen LogP contribution in [0.25, 0.3) is 6.08 Å². The van der Waals surface area contributed by atoms with Gasteiger partial charge >= 0.3 is 0 Å². The summed E-state index contributed by atoms with van der Waals surface area (Å²) in [4.78, 5) is 0. The zero-order valence-electron chi connectivity index (χ0n) is 9.66. The van der Waals surface area contributed by atoms with Gasteiger partial charge in [-0.25, -0.2) is 0 Å². The molecule has 0 aliphatic carbocycles. The molecule has 0 unspecified atom stereocenters. The smallest absolute Gasteiger partial charge is 0.231 e. The Morgan fingerprint density at radius 3 is 2.50 bits per heavy atom. The molecule has 84 valence electrons. The standard InChI is InChI=1S/C13H14O3/c1-8-4-9-5-11-12(15-7-14-11)6-10(9)16-13(8,2)3/h4-6H,7H2,1-3H3. The highest BCUT2D eigenvalue weighted by atomic mass is 16.7. The molecule has 3 rings (SSSR count). The molecular formula is C13H14O3. The normalized spacial score (nSPS) is 19.8. The van der Waals surface area contributed by atoms with Crippen molar-refractivity contribution in [1.29, 1.82) is 0 Å². The molecule has 0 spiro atoms. The van der Waals surface area contributed by atoms with Gasteiger partial charge in [-0.3, -0.25) is 0 Å². The lowest BCUT2D eigenvalue weighted by Gasteiger charge is -2.32. The van der Waals surface area contributed by atoms with E-state index in [0.717, 1.165) is 22.8 Å². The minimum absolute atomic E-state index is 0.249. The van der Waals surface area contributed by atoms with Crippen LogP contribution in [0.3, 0.4) is 0 Å². The van der Waals surface area contributed by atoms with Crippen molar-refractivity contribution in [3.05, 3.63) is 23.3 Å². The first kappa shape index (κ1) is 9.58. The lowest BCUT2D eigenvalue weighted by Crippen LogP contribution is -2.31. The van der Waals surface area contributed by atoms with Crippen LogP contribution in [0.1, 0.15) is 26.3 Å². The Morgan fingerprint density at radius 1 is 1.06 bits per heavy atom. The second kappa shape index (κ2) is 2.94. The van der Waals surface area contributed by atoms with E-state index in [1.165, 1.54) is 5.57 Å². The molecule has 0 atom stereocenters. The van der Waals surface area contributed by atoms with Gasteiger partial charge in [0.1, 0.15) is 11.4 Å².